The molecule has 0 saturated carbocycles. The van der Waals surface area contributed by atoms with E-state index in [4.69, 9.17) is 11.6 Å². The number of carbonyl (C=O) groups is 1. The molecule has 0 radical (unpaired) electrons. The minimum atomic E-state index is -0.581. The summed E-state index contributed by atoms with van der Waals surface area (Å²) >= 11 is 7.92. The molecule has 17 heavy (non-hydrogen) atoms. The molecule has 0 atom stereocenters. The van der Waals surface area contributed by atoms with Gasteiger partial charge >= 0.3 is 0 Å². The van der Waals surface area contributed by atoms with Gasteiger partial charge in [0, 0.05) is 14.7 Å². The molecule has 0 aliphatic rings. The van der Waals surface area contributed by atoms with Crippen molar-refractivity contribution in [3.8, 4) is 0 Å². The Balaban J connectivity index is 2.44. The van der Waals surface area contributed by atoms with E-state index >= 15 is 0 Å². The molecule has 0 aliphatic carbocycles. The molecular weight excluding hydrogens is 353 g/mol. The van der Waals surface area contributed by atoms with Gasteiger partial charge in [0.15, 0.2) is 5.78 Å². The van der Waals surface area contributed by atoms with Gasteiger partial charge in [0.1, 0.15) is 5.82 Å². The largest absolute Gasteiger partial charge is 0.289 e. The minimum Gasteiger partial charge on any atom is -0.289 e. The summed E-state index contributed by atoms with van der Waals surface area (Å²) in [6, 6.07) is 11.3. The standard InChI is InChI=1S/C13H7ClFIO/c14-12-10(2-1-3-11(12)15)13(17)8-4-6-9(16)7-5-8/h1-7H. The van der Waals surface area contributed by atoms with Gasteiger partial charge < -0.3 is 0 Å². The predicted molar refractivity (Wildman–Crippen MR) is 74.0 cm³/mol. The molecule has 2 rings (SSSR count). The summed E-state index contributed by atoms with van der Waals surface area (Å²) in [5.74, 6) is -0.853. The van der Waals surface area contributed by atoms with Crippen LogP contribution in [-0.2, 0) is 0 Å². The quantitative estimate of drug-likeness (QED) is 0.576. The van der Waals surface area contributed by atoms with Crippen LogP contribution in [0.1, 0.15) is 15.9 Å². The Kier molecular flexibility index (Phi) is 3.79. The molecule has 1 nitrogen and oxygen atoms in total. The van der Waals surface area contributed by atoms with Crippen molar-refractivity contribution in [1.29, 1.82) is 0 Å². The van der Waals surface area contributed by atoms with E-state index in [1.165, 1.54) is 18.2 Å². The summed E-state index contributed by atoms with van der Waals surface area (Å²) in [4.78, 5) is 12.1. The van der Waals surface area contributed by atoms with Crippen molar-refractivity contribution in [3.63, 3.8) is 0 Å². The van der Waals surface area contributed by atoms with Crippen LogP contribution in [0.5, 0.6) is 0 Å². The molecule has 0 spiro atoms. The van der Waals surface area contributed by atoms with E-state index in [1.54, 1.807) is 12.1 Å². The Morgan fingerprint density at radius 1 is 1.12 bits per heavy atom. The summed E-state index contributed by atoms with van der Waals surface area (Å²) in [6.07, 6.45) is 0. The van der Waals surface area contributed by atoms with Crippen molar-refractivity contribution in [2.45, 2.75) is 0 Å². The van der Waals surface area contributed by atoms with Crippen LogP contribution in [0.2, 0.25) is 5.02 Å². The highest BCUT2D eigenvalue weighted by Gasteiger charge is 2.14. The molecule has 0 fully saturated rings. The second kappa shape index (κ2) is 5.14. The zero-order valence-electron chi connectivity index (χ0n) is 8.58. The van der Waals surface area contributed by atoms with Crippen LogP contribution < -0.4 is 0 Å². The summed E-state index contributed by atoms with van der Waals surface area (Å²) in [7, 11) is 0. The average molecular weight is 361 g/mol. The van der Waals surface area contributed by atoms with E-state index in [1.807, 2.05) is 12.1 Å². The number of benzene rings is 2. The van der Waals surface area contributed by atoms with Crippen molar-refractivity contribution in [1.82, 2.24) is 0 Å². The van der Waals surface area contributed by atoms with E-state index in [9.17, 15) is 9.18 Å². The monoisotopic (exact) mass is 360 g/mol. The fourth-order valence-corrected chi connectivity index (χ4v) is 2.01. The molecule has 0 heterocycles. The van der Waals surface area contributed by atoms with Gasteiger partial charge in [-0.3, -0.25) is 4.79 Å². The Bertz CT molecular complexity index is 566. The Labute approximate surface area is 117 Å². The molecule has 0 unspecified atom stereocenters. The van der Waals surface area contributed by atoms with E-state index in [0.717, 1.165) is 3.57 Å². The minimum absolute atomic E-state index is 0.129. The lowest BCUT2D eigenvalue weighted by molar-refractivity contribution is 0.103. The lowest BCUT2D eigenvalue weighted by Crippen LogP contribution is -2.03. The number of hydrogen-bond acceptors (Lipinski definition) is 1. The zero-order valence-corrected chi connectivity index (χ0v) is 11.5. The van der Waals surface area contributed by atoms with Crippen LogP contribution >= 0.6 is 34.2 Å². The average Bonchev–Trinajstić information content (AvgIpc) is 2.33. The summed E-state index contributed by atoms with van der Waals surface area (Å²) in [6.45, 7) is 0. The van der Waals surface area contributed by atoms with Crippen LogP contribution in [0.4, 0.5) is 4.39 Å². The van der Waals surface area contributed by atoms with Crippen LogP contribution in [0.15, 0.2) is 42.5 Å². The first-order valence-electron chi connectivity index (χ1n) is 4.84. The first-order chi connectivity index (χ1) is 8.09. The van der Waals surface area contributed by atoms with Crippen molar-refractivity contribution in [2.24, 2.45) is 0 Å². The number of rotatable bonds is 2. The van der Waals surface area contributed by atoms with Crippen molar-refractivity contribution in [2.75, 3.05) is 0 Å². The van der Waals surface area contributed by atoms with Gasteiger partial charge in [-0.05, 0) is 59.0 Å². The maximum atomic E-state index is 13.2. The van der Waals surface area contributed by atoms with Gasteiger partial charge in [-0.15, -0.1) is 0 Å². The fourth-order valence-electron chi connectivity index (χ4n) is 1.44. The van der Waals surface area contributed by atoms with E-state index < -0.39 is 5.82 Å². The van der Waals surface area contributed by atoms with Gasteiger partial charge in [0.25, 0.3) is 0 Å². The highest BCUT2D eigenvalue weighted by atomic mass is 127. The number of ketones is 1. The molecule has 4 heteroatoms. The molecule has 0 aliphatic heterocycles. The second-order valence-corrected chi connectivity index (χ2v) is 5.06. The third-order valence-corrected chi connectivity index (χ3v) is 3.41. The smallest absolute Gasteiger partial charge is 0.194 e. The molecule has 0 saturated heterocycles. The summed E-state index contributed by atoms with van der Waals surface area (Å²) in [5, 5.41) is -0.129. The molecule has 0 aromatic heterocycles. The normalized spacial score (nSPS) is 10.3. The van der Waals surface area contributed by atoms with Crippen molar-refractivity contribution < 1.29 is 9.18 Å². The maximum absolute atomic E-state index is 13.2. The molecule has 0 amide bonds. The summed E-state index contributed by atoms with van der Waals surface area (Å²) < 4.78 is 14.3. The van der Waals surface area contributed by atoms with Crippen molar-refractivity contribution in [3.05, 3.63) is 68.0 Å². The third kappa shape index (κ3) is 2.66. The number of halogens is 3. The molecule has 2 aromatic carbocycles. The lowest BCUT2D eigenvalue weighted by atomic mass is 10.0. The van der Waals surface area contributed by atoms with Gasteiger partial charge in [0.2, 0.25) is 0 Å². The van der Waals surface area contributed by atoms with E-state index in [0.29, 0.717) is 5.56 Å². The third-order valence-electron chi connectivity index (χ3n) is 2.30. The SMILES string of the molecule is O=C(c1ccc(I)cc1)c1cccc(F)c1Cl. The van der Waals surface area contributed by atoms with Crippen LogP contribution in [0.25, 0.3) is 0 Å². The zero-order chi connectivity index (χ0) is 12.4. The van der Waals surface area contributed by atoms with Crippen LogP contribution in [-0.4, -0.2) is 5.78 Å². The Morgan fingerprint density at radius 3 is 2.41 bits per heavy atom. The molecule has 86 valence electrons. The van der Waals surface area contributed by atoms with Crippen LogP contribution in [0, 0.1) is 9.39 Å². The topological polar surface area (TPSA) is 17.1 Å². The highest BCUT2D eigenvalue weighted by molar-refractivity contribution is 14.1. The predicted octanol–water partition coefficient (Wildman–Crippen LogP) is 4.31. The molecular formula is C13H7ClFIO. The lowest BCUT2D eigenvalue weighted by Gasteiger charge is -2.04. The second-order valence-electron chi connectivity index (χ2n) is 3.44. The van der Waals surface area contributed by atoms with Gasteiger partial charge in [-0.25, -0.2) is 4.39 Å². The van der Waals surface area contributed by atoms with Gasteiger partial charge in [-0.1, -0.05) is 17.7 Å². The maximum Gasteiger partial charge on any atom is 0.194 e. The number of hydrogen-bond donors (Lipinski definition) is 0. The molecule has 2 aromatic rings. The first kappa shape index (κ1) is 12.5. The molecule has 0 N–H and O–H groups in total. The summed E-state index contributed by atoms with van der Waals surface area (Å²) in [5.41, 5.74) is 0.686. The van der Waals surface area contributed by atoms with Gasteiger partial charge in [0.05, 0.1) is 5.02 Å². The van der Waals surface area contributed by atoms with E-state index in [2.05, 4.69) is 22.6 Å². The van der Waals surface area contributed by atoms with Crippen LogP contribution in [0.3, 0.4) is 0 Å². The van der Waals surface area contributed by atoms with Gasteiger partial charge in [-0.2, -0.15) is 0 Å². The van der Waals surface area contributed by atoms with Crippen molar-refractivity contribution >= 4 is 40.0 Å². The van der Waals surface area contributed by atoms with E-state index in [-0.39, 0.29) is 16.4 Å². The number of carbonyl (C=O) groups excluding carboxylic acids is 1. The fraction of sp³-hybridized carbons (Fsp3) is 0. The Hall–Kier alpha value is -0.940. The molecule has 0 bridgehead atoms. The highest BCUT2D eigenvalue weighted by Crippen LogP contribution is 2.22. The Morgan fingerprint density at radius 2 is 1.76 bits per heavy atom. The first-order valence-corrected chi connectivity index (χ1v) is 6.29.